The first-order valence-electron chi connectivity index (χ1n) is 6.87. The maximum atomic E-state index is 5.19. The summed E-state index contributed by atoms with van der Waals surface area (Å²) in [6.45, 7) is 4.35. The van der Waals surface area contributed by atoms with Crippen LogP contribution in [-0.4, -0.2) is 12.9 Å². The van der Waals surface area contributed by atoms with Crippen molar-refractivity contribution in [1.29, 1.82) is 0 Å². The third-order valence-electron chi connectivity index (χ3n) is 3.17. The van der Waals surface area contributed by atoms with E-state index in [0.29, 0.717) is 0 Å². The first-order valence-corrected chi connectivity index (χ1v) is 7.85. The molecule has 3 heteroatoms. The molecular weight excluding hydrogens is 266 g/mol. The van der Waals surface area contributed by atoms with E-state index in [4.69, 9.17) is 4.74 Å². The number of hydrogen-bond donors (Lipinski definition) is 1. The summed E-state index contributed by atoms with van der Waals surface area (Å²) in [6.07, 6.45) is 0. The lowest BCUT2D eigenvalue weighted by atomic mass is 10.1. The van der Waals surface area contributed by atoms with Gasteiger partial charge in [0, 0.05) is 16.6 Å². The van der Waals surface area contributed by atoms with E-state index < -0.39 is 0 Å². The molecule has 0 aliphatic carbocycles. The summed E-state index contributed by atoms with van der Waals surface area (Å²) in [7, 11) is 1.69. The van der Waals surface area contributed by atoms with Crippen LogP contribution in [-0.2, 0) is 0 Å². The molecule has 0 bridgehead atoms. The fraction of sp³-hybridized carbons (Fsp3) is 0.294. The molecule has 2 rings (SSSR count). The van der Waals surface area contributed by atoms with Crippen molar-refractivity contribution in [3.63, 3.8) is 0 Å². The quantitative estimate of drug-likeness (QED) is 0.757. The van der Waals surface area contributed by atoms with Crippen molar-refractivity contribution < 1.29 is 4.74 Å². The van der Waals surface area contributed by atoms with Gasteiger partial charge in [-0.15, -0.1) is 11.8 Å². The van der Waals surface area contributed by atoms with Crippen molar-refractivity contribution >= 4 is 17.4 Å². The van der Waals surface area contributed by atoms with Gasteiger partial charge in [-0.25, -0.2) is 0 Å². The Hall–Kier alpha value is -1.61. The van der Waals surface area contributed by atoms with Gasteiger partial charge >= 0.3 is 0 Å². The Morgan fingerprint density at radius 3 is 2.45 bits per heavy atom. The first kappa shape index (κ1) is 14.8. The predicted molar refractivity (Wildman–Crippen MR) is 87.9 cm³/mol. The van der Waals surface area contributed by atoms with Crippen LogP contribution in [0.15, 0.2) is 53.4 Å². The molecule has 0 aromatic heterocycles. The fourth-order valence-electron chi connectivity index (χ4n) is 2.08. The van der Waals surface area contributed by atoms with Crippen molar-refractivity contribution in [2.45, 2.75) is 24.8 Å². The van der Waals surface area contributed by atoms with Crippen molar-refractivity contribution in [1.82, 2.24) is 0 Å². The minimum atomic E-state index is 0.263. The molecule has 0 aliphatic heterocycles. The Balaban J connectivity index is 2.12. The summed E-state index contributed by atoms with van der Waals surface area (Å²) in [5.41, 5.74) is 2.45. The molecule has 2 nitrogen and oxygen atoms in total. The van der Waals surface area contributed by atoms with Crippen molar-refractivity contribution in [3.05, 3.63) is 54.1 Å². The summed E-state index contributed by atoms with van der Waals surface area (Å²) in [4.78, 5) is 1.30. The van der Waals surface area contributed by atoms with Crippen molar-refractivity contribution in [2.24, 2.45) is 0 Å². The smallest absolute Gasteiger partial charge is 0.118 e. The van der Waals surface area contributed by atoms with Gasteiger partial charge in [0.15, 0.2) is 0 Å². The monoisotopic (exact) mass is 287 g/mol. The van der Waals surface area contributed by atoms with Gasteiger partial charge < -0.3 is 10.1 Å². The van der Waals surface area contributed by atoms with Gasteiger partial charge in [-0.2, -0.15) is 0 Å². The number of rotatable bonds is 6. The number of anilines is 1. The molecule has 0 radical (unpaired) electrons. The van der Waals surface area contributed by atoms with Gasteiger partial charge in [-0.05, 0) is 42.5 Å². The number of nitrogens with one attached hydrogen (secondary N) is 1. The highest BCUT2D eigenvalue weighted by atomic mass is 32.2. The van der Waals surface area contributed by atoms with E-state index >= 15 is 0 Å². The van der Waals surface area contributed by atoms with Gasteiger partial charge in [0.2, 0.25) is 0 Å². The lowest BCUT2D eigenvalue weighted by molar-refractivity contribution is 0.414. The maximum Gasteiger partial charge on any atom is 0.118 e. The topological polar surface area (TPSA) is 21.3 Å². The molecule has 1 unspecified atom stereocenters. The molecule has 0 heterocycles. The molecule has 2 aromatic rings. The minimum Gasteiger partial charge on any atom is -0.497 e. The Morgan fingerprint density at radius 1 is 1.10 bits per heavy atom. The number of ether oxygens (including phenoxy) is 1. The Bertz CT molecular complexity index is 539. The van der Waals surface area contributed by atoms with E-state index in [0.717, 1.165) is 11.5 Å². The van der Waals surface area contributed by atoms with Crippen molar-refractivity contribution in [3.8, 4) is 5.75 Å². The molecule has 0 fully saturated rings. The summed E-state index contributed by atoms with van der Waals surface area (Å²) in [5, 5.41) is 3.59. The fourth-order valence-corrected chi connectivity index (χ4v) is 2.84. The van der Waals surface area contributed by atoms with Gasteiger partial charge in [-0.3, -0.25) is 0 Å². The van der Waals surface area contributed by atoms with Crippen LogP contribution in [0.1, 0.15) is 25.5 Å². The summed E-state index contributed by atoms with van der Waals surface area (Å²) < 4.78 is 5.19. The van der Waals surface area contributed by atoms with E-state index in [1.807, 2.05) is 23.9 Å². The summed E-state index contributed by atoms with van der Waals surface area (Å²) in [5.74, 6) is 1.97. The molecule has 0 amide bonds. The first-order chi connectivity index (χ1) is 9.74. The highest BCUT2D eigenvalue weighted by Gasteiger charge is 2.08. The number of methoxy groups -OCH3 is 1. The van der Waals surface area contributed by atoms with Crippen LogP contribution in [0.4, 0.5) is 5.69 Å². The number of para-hydroxylation sites is 1. The van der Waals surface area contributed by atoms with Gasteiger partial charge in [0.25, 0.3) is 0 Å². The zero-order valence-corrected chi connectivity index (χ0v) is 13.0. The molecule has 0 saturated carbocycles. The minimum absolute atomic E-state index is 0.263. The van der Waals surface area contributed by atoms with Crippen LogP contribution < -0.4 is 10.1 Å². The average molecular weight is 287 g/mol. The zero-order chi connectivity index (χ0) is 14.4. The van der Waals surface area contributed by atoms with Crippen molar-refractivity contribution in [2.75, 3.05) is 18.2 Å². The lowest BCUT2D eigenvalue weighted by Crippen LogP contribution is -2.07. The number of hydrogen-bond acceptors (Lipinski definition) is 3. The second-order valence-electron chi connectivity index (χ2n) is 4.57. The van der Waals surface area contributed by atoms with Crippen LogP contribution in [0, 0.1) is 0 Å². The van der Waals surface area contributed by atoms with Crippen LogP contribution in [0.3, 0.4) is 0 Å². The highest BCUT2D eigenvalue weighted by molar-refractivity contribution is 7.99. The molecule has 106 valence electrons. The molecule has 1 atom stereocenters. The lowest BCUT2D eigenvalue weighted by Gasteiger charge is -2.18. The summed E-state index contributed by atoms with van der Waals surface area (Å²) in [6, 6.07) is 16.9. The van der Waals surface area contributed by atoms with Crippen LogP contribution in [0.25, 0.3) is 0 Å². The molecule has 0 aliphatic rings. The van der Waals surface area contributed by atoms with E-state index in [-0.39, 0.29) is 6.04 Å². The molecule has 2 aromatic carbocycles. The van der Waals surface area contributed by atoms with Gasteiger partial charge in [0.05, 0.1) is 7.11 Å². The van der Waals surface area contributed by atoms with E-state index in [1.165, 1.54) is 16.1 Å². The highest BCUT2D eigenvalue weighted by Crippen LogP contribution is 2.30. The third-order valence-corrected chi connectivity index (χ3v) is 4.13. The number of thioether (sulfide) groups is 1. The predicted octanol–water partition coefficient (Wildman–Crippen LogP) is 4.98. The molecular formula is C17H21NOS. The second-order valence-corrected chi connectivity index (χ2v) is 5.87. The maximum absolute atomic E-state index is 5.19. The van der Waals surface area contributed by atoms with Gasteiger partial charge in [0.1, 0.15) is 5.75 Å². The standard InChI is InChI=1S/C17H21NOS/c1-4-20-17-8-6-5-7-16(17)18-13(2)14-9-11-15(19-3)12-10-14/h5-13,18H,4H2,1-3H3. The Kier molecular flexibility index (Phi) is 5.36. The Morgan fingerprint density at radius 2 is 1.80 bits per heavy atom. The van der Waals surface area contributed by atoms with Crippen LogP contribution in [0.5, 0.6) is 5.75 Å². The second kappa shape index (κ2) is 7.25. The normalized spacial score (nSPS) is 11.9. The van der Waals surface area contributed by atoms with Crippen LogP contribution >= 0.6 is 11.8 Å². The Labute approximate surface area is 125 Å². The van der Waals surface area contributed by atoms with E-state index in [9.17, 15) is 0 Å². The summed E-state index contributed by atoms with van der Waals surface area (Å²) >= 11 is 1.86. The average Bonchev–Trinajstić information content (AvgIpc) is 2.49. The zero-order valence-electron chi connectivity index (χ0n) is 12.2. The molecule has 0 spiro atoms. The van der Waals surface area contributed by atoms with E-state index in [2.05, 4.69) is 55.6 Å². The molecule has 1 N–H and O–H groups in total. The van der Waals surface area contributed by atoms with E-state index in [1.54, 1.807) is 7.11 Å². The SMILES string of the molecule is CCSc1ccccc1NC(C)c1ccc(OC)cc1. The third kappa shape index (κ3) is 3.70. The van der Waals surface area contributed by atoms with Crippen LogP contribution in [0.2, 0.25) is 0 Å². The van der Waals surface area contributed by atoms with Gasteiger partial charge in [-0.1, -0.05) is 31.2 Å². The number of benzene rings is 2. The molecule has 0 saturated heterocycles. The largest absolute Gasteiger partial charge is 0.497 e. The molecule has 20 heavy (non-hydrogen) atoms.